The summed E-state index contributed by atoms with van der Waals surface area (Å²) in [6, 6.07) is 14.9. The number of carbonyl (C=O) groups excluding carboxylic acids is 1. The molecule has 1 amide bonds. The van der Waals surface area contributed by atoms with Crippen molar-refractivity contribution in [3.63, 3.8) is 0 Å². The second-order valence-electron chi connectivity index (χ2n) is 7.53. The van der Waals surface area contributed by atoms with Gasteiger partial charge in [-0.25, -0.2) is 9.67 Å². The van der Waals surface area contributed by atoms with E-state index < -0.39 is 0 Å². The highest BCUT2D eigenvalue weighted by Gasteiger charge is 2.18. The lowest BCUT2D eigenvalue weighted by atomic mass is 10.1. The molecule has 0 bridgehead atoms. The molecule has 0 radical (unpaired) electrons. The topological polar surface area (TPSA) is 81.8 Å². The molecule has 0 atom stereocenters. The van der Waals surface area contributed by atoms with Crippen LogP contribution in [0.5, 0.6) is 0 Å². The molecule has 0 fully saturated rings. The Morgan fingerprint density at radius 3 is 2.48 bits per heavy atom. The predicted molar refractivity (Wildman–Crippen MR) is 113 cm³/mol. The molecule has 0 saturated heterocycles. The number of benzene rings is 2. The number of imidazole rings is 1. The Balaban J connectivity index is 1.68. The highest BCUT2D eigenvalue weighted by Crippen LogP contribution is 2.16. The standard InChI is InChI=1S/C22H23N5O2/c1-14(2)13-27-22(29)16-9-5-4-8-15(16)20(25-27)21(28)23-12-19-24-17-10-6-7-11-18(17)26(19)3/h4-11,14H,12-13H2,1-3H3,(H,23,28). The second-order valence-corrected chi connectivity index (χ2v) is 7.53. The Morgan fingerprint density at radius 2 is 1.76 bits per heavy atom. The van der Waals surface area contributed by atoms with Crippen molar-refractivity contribution >= 4 is 27.7 Å². The molecule has 29 heavy (non-hydrogen) atoms. The summed E-state index contributed by atoms with van der Waals surface area (Å²) in [6.45, 7) is 4.74. The second kappa shape index (κ2) is 7.50. The van der Waals surface area contributed by atoms with Crippen LogP contribution in [-0.2, 0) is 20.1 Å². The van der Waals surface area contributed by atoms with E-state index in [9.17, 15) is 9.59 Å². The van der Waals surface area contributed by atoms with Gasteiger partial charge in [0.2, 0.25) is 0 Å². The molecule has 7 nitrogen and oxygen atoms in total. The summed E-state index contributed by atoms with van der Waals surface area (Å²) >= 11 is 0. The van der Waals surface area contributed by atoms with Crippen LogP contribution in [0.25, 0.3) is 21.8 Å². The van der Waals surface area contributed by atoms with Crippen molar-refractivity contribution in [3.05, 3.63) is 70.4 Å². The first-order chi connectivity index (χ1) is 14.0. The molecular weight excluding hydrogens is 366 g/mol. The minimum Gasteiger partial charge on any atom is -0.343 e. The van der Waals surface area contributed by atoms with Crippen LogP contribution in [0.15, 0.2) is 53.3 Å². The van der Waals surface area contributed by atoms with Gasteiger partial charge in [0.15, 0.2) is 5.69 Å². The van der Waals surface area contributed by atoms with Crippen LogP contribution in [0.3, 0.4) is 0 Å². The van der Waals surface area contributed by atoms with Crippen molar-refractivity contribution in [1.29, 1.82) is 0 Å². The van der Waals surface area contributed by atoms with E-state index >= 15 is 0 Å². The van der Waals surface area contributed by atoms with Gasteiger partial charge in [-0.3, -0.25) is 9.59 Å². The Labute approximate surface area is 168 Å². The fourth-order valence-corrected chi connectivity index (χ4v) is 3.47. The number of amides is 1. The van der Waals surface area contributed by atoms with Crippen molar-refractivity contribution in [2.75, 3.05) is 0 Å². The highest BCUT2D eigenvalue weighted by molar-refractivity contribution is 6.04. The molecule has 148 valence electrons. The molecule has 0 aliphatic rings. The molecule has 4 rings (SSSR count). The lowest BCUT2D eigenvalue weighted by molar-refractivity contribution is 0.0944. The van der Waals surface area contributed by atoms with Crippen LogP contribution in [-0.4, -0.2) is 25.2 Å². The fourth-order valence-electron chi connectivity index (χ4n) is 3.47. The Kier molecular flexibility index (Phi) is 4.88. The molecule has 0 spiro atoms. The third-order valence-electron chi connectivity index (χ3n) is 4.91. The predicted octanol–water partition coefficient (Wildman–Crippen LogP) is 2.87. The lowest BCUT2D eigenvalue weighted by Gasteiger charge is -2.12. The van der Waals surface area contributed by atoms with E-state index in [1.54, 1.807) is 24.3 Å². The number of aromatic nitrogens is 4. The van der Waals surface area contributed by atoms with Crippen LogP contribution in [0.2, 0.25) is 0 Å². The van der Waals surface area contributed by atoms with Gasteiger partial charge in [-0.05, 0) is 24.1 Å². The smallest absolute Gasteiger partial charge is 0.274 e. The van der Waals surface area contributed by atoms with Gasteiger partial charge in [0, 0.05) is 19.0 Å². The summed E-state index contributed by atoms with van der Waals surface area (Å²) in [5.41, 5.74) is 1.96. The minimum atomic E-state index is -0.328. The van der Waals surface area contributed by atoms with Crippen LogP contribution in [0.1, 0.15) is 30.2 Å². The van der Waals surface area contributed by atoms with E-state index in [-0.39, 0.29) is 29.6 Å². The van der Waals surface area contributed by atoms with Gasteiger partial charge in [0.25, 0.3) is 11.5 Å². The highest BCUT2D eigenvalue weighted by atomic mass is 16.2. The maximum Gasteiger partial charge on any atom is 0.274 e. The third kappa shape index (κ3) is 3.51. The zero-order valence-corrected chi connectivity index (χ0v) is 16.7. The summed E-state index contributed by atoms with van der Waals surface area (Å²) in [6.07, 6.45) is 0. The molecule has 2 heterocycles. The van der Waals surface area contributed by atoms with E-state index in [1.165, 1.54) is 4.68 Å². The number of nitrogens with one attached hydrogen (secondary N) is 1. The van der Waals surface area contributed by atoms with Crippen molar-refractivity contribution < 1.29 is 4.79 Å². The number of hydrogen-bond acceptors (Lipinski definition) is 4. The van der Waals surface area contributed by atoms with Crippen molar-refractivity contribution in [1.82, 2.24) is 24.6 Å². The fraction of sp³-hybridized carbons (Fsp3) is 0.273. The summed E-state index contributed by atoms with van der Waals surface area (Å²) in [5, 5.41) is 8.34. The molecular formula is C22H23N5O2. The van der Waals surface area contributed by atoms with E-state index in [4.69, 9.17) is 0 Å². The SMILES string of the molecule is CC(C)Cn1nc(C(=O)NCc2nc3ccccc3n2C)c2ccccc2c1=O. The van der Waals surface area contributed by atoms with E-state index in [0.29, 0.717) is 17.3 Å². The lowest BCUT2D eigenvalue weighted by Crippen LogP contribution is -2.31. The Bertz CT molecular complexity index is 1270. The first-order valence-corrected chi connectivity index (χ1v) is 9.64. The van der Waals surface area contributed by atoms with Crippen LogP contribution >= 0.6 is 0 Å². The van der Waals surface area contributed by atoms with Gasteiger partial charge in [0.05, 0.1) is 23.0 Å². The van der Waals surface area contributed by atoms with Crippen LogP contribution in [0, 0.1) is 5.92 Å². The number of aryl methyl sites for hydroxylation is 1. The molecule has 0 unspecified atom stereocenters. The van der Waals surface area contributed by atoms with Gasteiger partial charge >= 0.3 is 0 Å². The van der Waals surface area contributed by atoms with Gasteiger partial charge in [-0.1, -0.05) is 44.2 Å². The summed E-state index contributed by atoms with van der Waals surface area (Å²) in [4.78, 5) is 30.3. The number of carbonyl (C=O) groups is 1. The monoisotopic (exact) mass is 389 g/mol. The molecule has 1 N–H and O–H groups in total. The van der Waals surface area contributed by atoms with Gasteiger partial charge < -0.3 is 9.88 Å². The number of nitrogens with zero attached hydrogens (tertiary/aromatic N) is 4. The number of rotatable bonds is 5. The van der Waals surface area contributed by atoms with Crippen molar-refractivity contribution in [2.24, 2.45) is 13.0 Å². The quantitative estimate of drug-likeness (QED) is 0.569. The first-order valence-electron chi connectivity index (χ1n) is 9.64. The molecule has 0 aliphatic heterocycles. The Morgan fingerprint density at radius 1 is 1.07 bits per heavy atom. The number of fused-ring (bicyclic) bond motifs is 2. The molecule has 4 aromatic rings. The maximum absolute atomic E-state index is 13.0. The zero-order valence-electron chi connectivity index (χ0n) is 16.7. The number of hydrogen-bond donors (Lipinski definition) is 1. The molecule has 2 aromatic carbocycles. The maximum atomic E-state index is 13.0. The van der Waals surface area contributed by atoms with E-state index in [1.807, 2.05) is 49.7 Å². The van der Waals surface area contributed by atoms with Crippen LogP contribution < -0.4 is 10.9 Å². The average Bonchev–Trinajstić information content (AvgIpc) is 3.04. The van der Waals surface area contributed by atoms with Crippen LogP contribution in [0.4, 0.5) is 0 Å². The first kappa shape index (κ1) is 18.9. The molecule has 0 aliphatic carbocycles. The van der Waals surface area contributed by atoms with Crippen molar-refractivity contribution in [3.8, 4) is 0 Å². The summed E-state index contributed by atoms with van der Waals surface area (Å²) < 4.78 is 3.35. The number of para-hydroxylation sites is 2. The van der Waals surface area contributed by atoms with Gasteiger partial charge in [-0.15, -0.1) is 0 Å². The normalized spacial score (nSPS) is 11.4. The molecule has 7 heteroatoms. The minimum absolute atomic E-state index is 0.179. The van der Waals surface area contributed by atoms with Gasteiger partial charge in [0.1, 0.15) is 5.82 Å². The summed E-state index contributed by atoms with van der Waals surface area (Å²) in [7, 11) is 1.92. The largest absolute Gasteiger partial charge is 0.343 e. The Hall–Kier alpha value is -3.48. The van der Waals surface area contributed by atoms with E-state index in [0.717, 1.165) is 16.9 Å². The average molecular weight is 389 g/mol. The summed E-state index contributed by atoms with van der Waals surface area (Å²) in [5.74, 6) is 0.655. The molecule has 0 saturated carbocycles. The van der Waals surface area contributed by atoms with Crippen molar-refractivity contribution in [2.45, 2.75) is 26.9 Å². The van der Waals surface area contributed by atoms with Gasteiger partial charge in [-0.2, -0.15) is 5.10 Å². The molecule has 2 aromatic heterocycles. The third-order valence-corrected chi connectivity index (χ3v) is 4.91. The zero-order chi connectivity index (χ0) is 20.5. The van der Waals surface area contributed by atoms with E-state index in [2.05, 4.69) is 15.4 Å².